The van der Waals surface area contributed by atoms with Crippen LogP contribution in [0, 0.1) is 0 Å². The molecule has 9 heteroatoms. The van der Waals surface area contributed by atoms with Crippen molar-refractivity contribution >= 4 is 46.7 Å². The van der Waals surface area contributed by atoms with Crippen LogP contribution in [0.25, 0.3) is 10.9 Å². The number of hydrogen-bond donors (Lipinski definition) is 2. The number of halogens is 1. The molecule has 160 valence electrons. The largest absolute Gasteiger partial charge is 0.370 e. The van der Waals surface area contributed by atoms with Gasteiger partial charge < -0.3 is 20.3 Å². The number of aliphatic imine (C=N–C) groups is 1. The fourth-order valence-corrected chi connectivity index (χ4v) is 3.51. The molecule has 0 amide bonds. The Morgan fingerprint density at radius 2 is 2.10 bits per heavy atom. The lowest BCUT2D eigenvalue weighted by Gasteiger charge is -2.34. The van der Waals surface area contributed by atoms with Gasteiger partial charge in [0.05, 0.1) is 24.9 Å². The summed E-state index contributed by atoms with van der Waals surface area (Å²) in [4.78, 5) is 11.3. The van der Waals surface area contributed by atoms with E-state index in [9.17, 15) is 0 Å². The summed E-state index contributed by atoms with van der Waals surface area (Å²) in [5.41, 5.74) is 2.09. The van der Waals surface area contributed by atoms with Crippen LogP contribution in [-0.4, -0.2) is 65.5 Å². The molecule has 3 heterocycles. The molecule has 30 heavy (non-hydrogen) atoms. The Morgan fingerprint density at radius 3 is 2.90 bits per heavy atom. The summed E-state index contributed by atoms with van der Waals surface area (Å²) in [6.07, 6.45) is 3.88. The molecule has 1 saturated heterocycles. The van der Waals surface area contributed by atoms with Crippen molar-refractivity contribution in [3.05, 3.63) is 54.4 Å². The molecule has 4 rings (SSSR count). The van der Waals surface area contributed by atoms with Crippen molar-refractivity contribution in [2.24, 2.45) is 12.0 Å². The van der Waals surface area contributed by atoms with E-state index < -0.39 is 0 Å². The molecule has 1 atom stereocenters. The molecule has 3 aromatic rings. The third kappa shape index (κ3) is 5.39. The molecule has 2 N–H and O–H groups in total. The monoisotopic (exact) mass is 521 g/mol. The second-order valence-corrected chi connectivity index (χ2v) is 7.04. The fraction of sp³-hybridized carbons (Fsp3) is 0.381. The molecule has 1 aliphatic heterocycles. The number of benzene rings is 1. The van der Waals surface area contributed by atoms with Gasteiger partial charge in [-0.2, -0.15) is 5.10 Å². The smallest absolute Gasteiger partial charge is 0.193 e. The van der Waals surface area contributed by atoms with Crippen LogP contribution in [0.4, 0.5) is 5.82 Å². The third-order valence-corrected chi connectivity index (χ3v) is 4.99. The van der Waals surface area contributed by atoms with Crippen LogP contribution in [0.1, 0.15) is 11.7 Å². The maximum atomic E-state index is 5.92. The Kier molecular flexibility index (Phi) is 7.86. The molecule has 0 aliphatic carbocycles. The highest BCUT2D eigenvalue weighted by Gasteiger charge is 2.24. The van der Waals surface area contributed by atoms with Crippen LogP contribution >= 0.6 is 24.0 Å². The zero-order valence-corrected chi connectivity index (χ0v) is 19.6. The summed E-state index contributed by atoms with van der Waals surface area (Å²) in [6.45, 7) is 3.73. The van der Waals surface area contributed by atoms with E-state index in [1.807, 2.05) is 50.8 Å². The van der Waals surface area contributed by atoms with E-state index in [-0.39, 0.29) is 30.1 Å². The fourth-order valence-electron chi connectivity index (χ4n) is 3.51. The number of rotatable bonds is 5. The number of pyridine rings is 1. The van der Waals surface area contributed by atoms with Gasteiger partial charge in [0.15, 0.2) is 5.96 Å². The van der Waals surface area contributed by atoms with E-state index >= 15 is 0 Å². The molecule has 0 saturated carbocycles. The number of nitrogens with zero attached hydrogens (tertiary/aromatic N) is 5. The van der Waals surface area contributed by atoms with E-state index in [0.29, 0.717) is 6.61 Å². The Hall–Kier alpha value is -2.40. The minimum absolute atomic E-state index is 0. The summed E-state index contributed by atoms with van der Waals surface area (Å²) in [6, 6.07) is 12.2. The number of guanidine groups is 1. The highest BCUT2D eigenvalue weighted by atomic mass is 127. The average molecular weight is 521 g/mol. The summed E-state index contributed by atoms with van der Waals surface area (Å²) < 4.78 is 7.73. The molecule has 8 nitrogen and oxygen atoms in total. The standard InChI is InChI=1S/C21H27N7O.HI/c1-22-21(28-11-12-29-19(15-28)17-13-25-27(2)14-17)24-10-9-23-20-8-7-16-5-3-4-6-18(16)26-20;/h3-8,13-14,19H,9-12,15H2,1-2H3,(H,22,24)(H,23,26);1H. The quantitative estimate of drug-likeness (QED) is 0.233. The Bertz CT molecular complexity index is 990. The number of ether oxygens (including phenoxy) is 1. The van der Waals surface area contributed by atoms with Gasteiger partial charge >= 0.3 is 0 Å². The first-order chi connectivity index (χ1) is 14.2. The van der Waals surface area contributed by atoms with Crippen LogP contribution < -0.4 is 10.6 Å². The van der Waals surface area contributed by atoms with Gasteiger partial charge in [0.25, 0.3) is 0 Å². The lowest BCUT2D eigenvalue weighted by molar-refractivity contribution is -0.00799. The van der Waals surface area contributed by atoms with Gasteiger partial charge in [-0.25, -0.2) is 4.98 Å². The number of aromatic nitrogens is 3. The summed E-state index contributed by atoms with van der Waals surface area (Å²) in [5, 5.41) is 12.2. The topological polar surface area (TPSA) is 79.6 Å². The van der Waals surface area contributed by atoms with Crippen molar-refractivity contribution in [1.29, 1.82) is 0 Å². The minimum atomic E-state index is 0. The second kappa shape index (κ2) is 10.6. The highest BCUT2D eigenvalue weighted by Crippen LogP contribution is 2.21. The lowest BCUT2D eigenvalue weighted by atomic mass is 10.1. The molecule has 0 bridgehead atoms. The van der Waals surface area contributed by atoms with Gasteiger partial charge in [-0.1, -0.05) is 18.2 Å². The normalized spacial score (nSPS) is 16.9. The zero-order valence-electron chi connectivity index (χ0n) is 17.3. The van der Waals surface area contributed by atoms with Crippen LogP contribution in [0.3, 0.4) is 0 Å². The van der Waals surface area contributed by atoms with E-state index in [1.165, 1.54) is 0 Å². The Balaban J connectivity index is 0.00000256. The maximum absolute atomic E-state index is 5.92. The Labute approximate surface area is 193 Å². The number of morpholine rings is 1. The highest BCUT2D eigenvalue weighted by molar-refractivity contribution is 14.0. The first-order valence-electron chi connectivity index (χ1n) is 9.88. The summed E-state index contributed by atoms with van der Waals surface area (Å²) >= 11 is 0. The van der Waals surface area contributed by atoms with Gasteiger partial charge in [0, 0.05) is 50.9 Å². The first kappa shape index (κ1) is 22.3. The van der Waals surface area contributed by atoms with Crippen molar-refractivity contribution < 1.29 is 4.74 Å². The molecule has 1 aromatic carbocycles. The molecular formula is C21H28IN7O. The van der Waals surface area contributed by atoms with Crippen LogP contribution in [0.5, 0.6) is 0 Å². The predicted octanol–water partition coefficient (Wildman–Crippen LogP) is 2.65. The van der Waals surface area contributed by atoms with Gasteiger partial charge in [0.1, 0.15) is 11.9 Å². The lowest BCUT2D eigenvalue weighted by Crippen LogP contribution is -2.49. The van der Waals surface area contributed by atoms with Crippen molar-refractivity contribution in [2.75, 3.05) is 45.2 Å². The number of para-hydroxylation sites is 1. The average Bonchev–Trinajstić information content (AvgIpc) is 3.20. The first-order valence-corrected chi connectivity index (χ1v) is 9.88. The predicted molar refractivity (Wildman–Crippen MR) is 130 cm³/mol. The Morgan fingerprint density at radius 1 is 1.23 bits per heavy atom. The van der Waals surface area contributed by atoms with E-state index in [0.717, 1.165) is 54.4 Å². The number of anilines is 1. The molecule has 1 fully saturated rings. The van der Waals surface area contributed by atoms with Crippen LogP contribution in [-0.2, 0) is 11.8 Å². The second-order valence-electron chi connectivity index (χ2n) is 7.04. The molecular weight excluding hydrogens is 493 g/mol. The van der Waals surface area contributed by atoms with Crippen LogP contribution in [0.15, 0.2) is 53.8 Å². The summed E-state index contributed by atoms with van der Waals surface area (Å²) in [7, 11) is 3.73. The van der Waals surface area contributed by atoms with Crippen molar-refractivity contribution in [3.8, 4) is 0 Å². The molecule has 1 aliphatic rings. The van der Waals surface area contributed by atoms with Crippen molar-refractivity contribution in [2.45, 2.75) is 6.10 Å². The number of hydrogen-bond acceptors (Lipinski definition) is 5. The van der Waals surface area contributed by atoms with Gasteiger partial charge in [-0.05, 0) is 18.2 Å². The number of nitrogens with one attached hydrogen (secondary N) is 2. The van der Waals surface area contributed by atoms with Crippen molar-refractivity contribution in [3.63, 3.8) is 0 Å². The molecule has 2 aromatic heterocycles. The SMILES string of the molecule is CN=C(NCCNc1ccc2ccccc2n1)N1CCOC(c2cnn(C)c2)C1.I. The van der Waals surface area contributed by atoms with Gasteiger partial charge in [0.2, 0.25) is 0 Å². The number of aryl methyl sites for hydroxylation is 1. The molecule has 0 radical (unpaired) electrons. The zero-order chi connectivity index (χ0) is 20.1. The van der Waals surface area contributed by atoms with E-state index in [4.69, 9.17) is 4.74 Å². The number of fused-ring (bicyclic) bond motifs is 1. The van der Waals surface area contributed by atoms with Crippen molar-refractivity contribution in [1.82, 2.24) is 25.0 Å². The van der Waals surface area contributed by atoms with E-state index in [2.05, 4.69) is 42.7 Å². The summed E-state index contributed by atoms with van der Waals surface area (Å²) in [5.74, 6) is 1.76. The van der Waals surface area contributed by atoms with Gasteiger partial charge in [-0.15, -0.1) is 24.0 Å². The maximum Gasteiger partial charge on any atom is 0.193 e. The van der Waals surface area contributed by atoms with E-state index in [1.54, 1.807) is 4.68 Å². The van der Waals surface area contributed by atoms with Crippen LogP contribution in [0.2, 0.25) is 0 Å². The molecule has 0 spiro atoms. The molecule has 1 unspecified atom stereocenters. The van der Waals surface area contributed by atoms with Gasteiger partial charge in [-0.3, -0.25) is 9.67 Å². The third-order valence-electron chi connectivity index (χ3n) is 4.99. The minimum Gasteiger partial charge on any atom is -0.370 e.